The Labute approximate surface area is 135 Å². The van der Waals surface area contributed by atoms with Crippen molar-refractivity contribution in [3.63, 3.8) is 0 Å². The van der Waals surface area contributed by atoms with Crippen LogP contribution in [0.4, 0.5) is 0 Å². The van der Waals surface area contributed by atoms with Crippen LogP contribution in [-0.2, 0) is 6.42 Å². The van der Waals surface area contributed by atoms with Crippen LogP contribution in [0.3, 0.4) is 0 Å². The van der Waals surface area contributed by atoms with E-state index in [4.69, 9.17) is 5.10 Å². The Morgan fingerprint density at radius 3 is 2.41 bits per heavy atom. The Bertz CT molecular complexity index is 608. The van der Waals surface area contributed by atoms with Crippen molar-refractivity contribution >= 4 is 16.6 Å². The molecule has 1 aromatic heterocycles. The molecule has 0 bridgehead atoms. The highest BCUT2D eigenvalue weighted by molar-refractivity contribution is 6.10. The Kier molecular flexibility index (Phi) is 7.16. The van der Waals surface area contributed by atoms with Crippen LogP contribution in [-0.4, -0.2) is 28.8 Å². The van der Waals surface area contributed by atoms with E-state index in [-0.39, 0.29) is 0 Å². The fourth-order valence-corrected chi connectivity index (χ4v) is 2.38. The fourth-order valence-electron chi connectivity index (χ4n) is 2.38. The molecule has 0 amide bonds. The highest BCUT2D eigenvalue weighted by Gasteiger charge is 2.11. The molecule has 0 atom stereocenters. The first kappa shape index (κ1) is 18.3. The van der Waals surface area contributed by atoms with Crippen molar-refractivity contribution < 1.29 is 0 Å². The monoisotopic (exact) mass is 301 g/mol. The number of rotatable bonds is 5. The number of aromatic nitrogens is 1. The maximum absolute atomic E-state index is 4.79. The van der Waals surface area contributed by atoms with Crippen LogP contribution in [0.5, 0.6) is 0 Å². The predicted molar refractivity (Wildman–Crippen MR) is 98.8 cm³/mol. The van der Waals surface area contributed by atoms with Crippen molar-refractivity contribution in [2.75, 3.05) is 7.05 Å². The van der Waals surface area contributed by atoms with E-state index >= 15 is 0 Å². The van der Waals surface area contributed by atoms with E-state index in [2.05, 4.69) is 50.9 Å². The number of nitrogens with one attached hydrogen (secondary N) is 1. The van der Waals surface area contributed by atoms with Gasteiger partial charge >= 0.3 is 0 Å². The standard InChI is InChI=1S/C17H25N3.C2H6/c1-6-13-8-9-14(15-10-11-18-17(13)15)16(7-2)19-20(5)12(3)4;1-2/h8-12,18H,6-7H2,1-5H3;1-2H3/b19-16+;. The molecule has 0 aliphatic rings. The molecule has 22 heavy (non-hydrogen) atoms. The molecule has 1 aromatic carbocycles. The Hall–Kier alpha value is -1.77. The van der Waals surface area contributed by atoms with Crippen molar-refractivity contribution in [1.29, 1.82) is 0 Å². The molecule has 2 aromatic rings. The average molecular weight is 301 g/mol. The number of nitrogens with zero attached hydrogens (tertiary/aromatic N) is 2. The van der Waals surface area contributed by atoms with E-state index in [1.54, 1.807) is 0 Å². The SMILES string of the molecule is CC.CC/C(=N\N(C)C(C)C)c1ccc(CC)c2[nH]ccc12. The molecule has 1 heterocycles. The van der Waals surface area contributed by atoms with Gasteiger partial charge in [-0.2, -0.15) is 5.10 Å². The van der Waals surface area contributed by atoms with Gasteiger partial charge in [0.1, 0.15) is 0 Å². The molecular weight excluding hydrogens is 270 g/mol. The van der Waals surface area contributed by atoms with Gasteiger partial charge < -0.3 is 4.98 Å². The van der Waals surface area contributed by atoms with Gasteiger partial charge in [-0.3, -0.25) is 5.01 Å². The smallest absolute Gasteiger partial charge is 0.0681 e. The third-order valence-electron chi connectivity index (χ3n) is 3.86. The van der Waals surface area contributed by atoms with Gasteiger partial charge in [0, 0.05) is 35.8 Å². The average Bonchev–Trinajstić information content (AvgIpc) is 3.03. The summed E-state index contributed by atoms with van der Waals surface area (Å²) in [5, 5.41) is 8.10. The maximum Gasteiger partial charge on any atom is 0.0681 e. The lowest BCUT2D eigenvalue weighted by Crippen LogP contribution is -2.22. The number of hydrogen-bond acceptors (Lipinski definition) is 2. The number of aromatic amines is 1. The summed E-state index contributed by atoms with van der Waals surface area (Å²) in [4.78, 5) is 3.37. The highest BCUT2D eigenvalue weighted by Crippen LogP contribution is 2.24. The third kappa shape index (κ3) is 3.90. The van der Waals surface area contributed by atoms with Gasteiger partial charge in [0.2, 0.25) is 0 Å². The molecule has 3 nitrogen and oxygen atoms in total. The molecule has 0 aliphatic heterocycles. The first-order chi connectivity index (χ1) is 10.6. The quantitative estimate of drug-likeness (QED) is 0.596. The van der Waals surface area contributed by atoms with Crippen LogP contribution in [0.15, 0.2) is 29.5 Å². The van der Waals surface area contributed by atoms with Gasteiger partial charge in [-0.1, -0.05) is 39.8 Å². The van der Waals surface area contributed by atoms with Crippen molar-refractivity contribution in [1.82, 2.24) is 9.99 Å². The summed E-state index contributed by atoms with van der Waals surface area (Å²) in [7, 11) is 2.04. The van der Waals surface area contributed by atoms with Gasteiger partial charge in [0.25, 0.3) is 0 Å². The molecule has 0 unspecified atom stereocenters. The molecular formula is C19H31N3. The van der Waals surface area contributed by atoms with Crippen molar-refractivity contribution in [2.45, 2.75) is 60.4 Å². The van der Waals surface area contributed by atoms with E-state index in [0.717, 1.165) is 18.6 Å². The molecule has 0 spiro atoms. The number of aryl methyl sites for hydroxylation is 1. The molecule has 2 rings (SSSR count). The van der Waals surface area contributed by atoms with Crippen LogP contribution in [0.1, 0.15) is 59.1 Å². The summed E-state index contributed by atoms with van der Waals surface area (Å²) >= 11 is 0. The van der Waals surface area contributed by atoms with Crippen LogP contribution in [0, 0.1) is 0 Å². The Morgan fingerprint density at radius 2 is 1.86 bits per heavy atom. The molecule has 122 valence electrons. The third-order valence-corrected chi connectivity index (χ3v) is 3.86. The van der Waals surface area contributed by atoms with Gasteiger partial charge in [0.15, 0.2) is 0 Å². The second-order valence-corrected chi connectivity index (χ2v) is 5.46. The molecule has 0 fully saturated rings. The highest BCUT2D eigenvalue weighted by atomic mass is 15.4. The molecule has 3 heteroatoms. The zero-order valence-corrected chi connectivity index (χ0v) is 15.2. The number of hydrogen-bond donors (Lipinski definition) is 1. The lowest BCUT2D eigenvalue weighted by Gasteiger charge is -2.20. The molecule has 1 N–H and O–H groups in total. The number of hydrazone groups is 1. The summed E-state index contributed by atoms with van der Waals surface area (Å²) in [5.74, 6) is 0. The van der Waals surface area contributed by atoms with Crippen molar-refractivity contribution in [3.05, 3.63) is 35.5 Å². The van der Waals surface area contributed by atoms with E-state index in [0.29, 0.717) is 6.04 Å². The van der Waals surface area contributed by atoms with Gasteiger partial charge in [0.05, 0.1) is 5.71 Å². The van der Waals surface area contributed by atoms with Crippen LogP contribution in [0.25, 0.3) is 10.9 Å². The second kappa shape index (κ2) is 8.62. The Balaban J connectivity index is 0.00000116. The maximum atomic E-state index is 4.79. The zero-order chi connectivity index (χ0) is 16.7. The molecule has 0 aliphatic carbocycles. The fraction of sp³-hybridized carbons (Fsp3) is 0.526. The summed E-state index contributed by atoms with van der Waals surface area (Å²) in [5.41, 5.74) is 5.00. The van der Waals surface area contributed by atoms with E-state index < -0.39 is 0 Å². The lowest BCUT2D eigenvalue weighted by molar-refractivity contribution is 0.288. The summed E-state index contributed by atoms with van der Waals surface area (Å²) in [6, 6.07) is 7.00. The van der Waals surface area contributed by atoms with Crippen molar-refractivity contribution in [3.8, 4) is 0 Å². The predicted octanol–water partition coefficient (Wildman–Crippen LogP) is 5.21. The van der Waals surface area contributed by atoms with E-state index in [1.807, 2.05) is 32.1 Å². The van der Waals surface area contributed by atoms with E-state index in [9.17, 15) is 0 Å². The second-order valence-electron chi connectivity index (χ2n) is 5.46. The normalized spacial score (nSPS) is 11.5. The summed E-state index contributed by atoms with van der Waals surface area (Å²) in [6.07, 6.45) is 4.00. The minimum absolute atomic E-state index is 0.410. The number of H-pyrrole nitrogens is 1. The van der Waals surface area contributed by atoms with E-state index in [1.165, 1.54) is 22.0 Å². The molecule has 0 radical (unpaired) electrons. The van der Waals surface area contributed by atoms with Crippen LogP contribution in [0.2, 0.25) is 0 Å². The minimum Gasteiger partial charge on any atom is -0.361 e. The zero-order valence-electron chi connectivity index (χ0n) is 15.2. The largest absolute Gasteiger partial charge is 0.361 e. The Morgan fingerprint density at radius 1 is 1.18 bits per heavy atom. The van der Waals surface area contributed by atoms with Gasteiger partial charge in [-0.25, -0.2) is 0 Å². The first-order valence-corrected chi connectivity index (χ1v) is 8.48. The number of benzene rings is 1. The van der Waals surface area contributed by atoms with Gasteiger partial charge in [-0.15, -0.1) is 0 Å². The van der Waals surface area contributed by atoms with Gasteiger partial charge in [-0.05, 0) is 38.3 Å². The van der Waals surface area contributed by atoms with Crippen molar-refractivity contribution in [2.24, 2.45) is 5.10 Å². The number of fused-ring (bicyclic) bond motifs is 1. The summed E-state index contributed by atoms with van der Waals surface area (Å²) < 4.78 is 0. The van der Waals surface area contributed by atoms with Crippen LogP contribution >= 0.6 is 0 Å². The topological polar surface area (TPSA) is 31.4 Å². The lowest BCUT2D eigenvalue weighted by atomic mass is 9.99. The molecule has 0 saturated carbocycles. The minimum atomic E-state index is 0.410. The summed E-state index contributed by atoms with van der Waals surface area (Å²) in [6.45, 7) is 12.7. The first-order valence-electron chi connectivity index (χ1n) is 8.48. The van der Waals surface area contributed by atoms with Crippen LogP contribution < -0.4 is 0 Å². The molecule has 0 saturated heterocycles.